The van der Waals surface area contributed by atoms with Crippen LogP contribution in [0.3, 0.4) is 0 Å². The van der Waals surface area contributed by atoms with E-state index in [1.807, 2.05) is 7.05 Å². The maximum Gasteiger partial charge on any atom is 0.237 e. The largest absolute Gasteiger partial charge is 0.326 e. The highest BCUT2D eigenvalue weighted by molar-refractivity contribution is 5.79. The predicted molar refractivity (Wildman–Crippen MR) is 103 cm³/mol. The zero-order chi connectivity index (χ0) is 18.6. The Morgan fingerprint density at radius 1 is 1.15 bits per heavy atom. The number of likely N-dealkylation sites (N-methyl/N-ethyl adjacent to an activating group) is 1. The minimum absolute atomic E-state index is 0.0885. The van der Waals surface area contributed by atoms with Crippen LogP contribution in [0, 0.1) is 11.3 Å². The second kappa shape index (κ2) is 8.22. The third-order valence-corrected chi connectivity index (χ3v) is 6.12. The van der Waals surface area contributed by atoms with Crippen molar-refractivity contribution in [3.8, 4) is 6.07 Å². The van der Waals surface area contributed by atoms with Gasteiger partial charge in [-0.25, -0.2) is 0 Å². The molecule has 2 saturated carbocycles. The summed E-state index contributed by atoms with van der Waals surface area (Å²) in [5.74, 6) is 0.0885. The van der Waals surface area contributed by atoms with E-state index < -0.39 is 5.54 Å². The molecule has 0 atom stereocenters. The summed E-state index contributed by atoms with van der Waals surface area (Å²) < 4.78 is 0. The summed E-state index contributed by atoms with van der Waals surface area (Å²) in [7, 11) is 1.83. The highest BCUT2D eigenvalue weighted by Crippen LogP contribution is 2.33. The number of hydrogen-bond donors (Lipinski definition) is 0. The average Bonchev–Trinajstić information content (AvgIpc) is 3.53. The minimum Gasteiger partial charge on any atom is -0.326 e. The number of benzene rings is 1. The number of amides is 1. The SMILES string of the molecule is CCc1ccc(CN(CC(=O)N(C)C2(C#N)CCCCC2)C2CC2)cc1. The minimum atomic E-state index is -0.590. The van der Waals surface area contributed by atoms with E-state index in [2.05, 4.69) is 42.2 Å². The van der Waals surface area contributed by atoms with Gasteiger partial charge < -0.3 is 4.90 Å². The van der Waals surface area contributed by atoms with Gasteiger partial charge in [0, 0.05) is 19.6 Å². The smallest absolute Gasteiger partial charge is 0.237 e. The number of hydrogen-bond acceptors (Lipinski definition) is 3. The molecule has 0 aromatic heterocycles. The maximum atomic E-state index is 13.0. The molecule has 0 heterocycles. The third kappa shape index (κ3) is 4.27. The molecule has 1 aromatic carbocycles. The molecule has 0 unspecified atom stereocenters. The van der Waals surface area contributed by atoms with Gasteiger partial charge in [0.2, 0.25) is 5.91 Å². The van der Waals surface area contributed by atoms with Crippen molar-refractivity contribution >= 4 is 5.91 Å². The van der Waals surface area contributed by atoms with Gasteiger partial charge in [0.15, 0.2) is 0 Å². The molecule has 0 aliphatic heterocycles. The second-order valence-electron chi connectivity index (χ2n) is 7.96. The van der Waals surface area contributed by atoms with Crippen LogP contribution in [0.4, 0.5) is 0 Å². The molecular formula is C22H31N3O. The summed E-state index contributed by atoms with van der Waals surface area (Å²) in [5.41, 5.74) is 2.01. The fraction of sp³-hybridized carbons (Fsp3) is 0.636. The molecule has 2 aliphatic rings. The molecule has 4 heteroatoms. The molecule has 1 amide bonds. The van der Waals surface area contributed by atoms with Gasteiger partial charge in [-0.05, 0) is 43.2 Å². The Morgan fingerprint density at radius 3 is 2.31 bits per heavy atom. The summed E-state index contributed by atoms with van der Waals surface area (Å²) in [5, 5.41) is 9.74. The highest BCUT2D eigenvalue weighted by atomic mass is 16.2. The van der Waals surface area contributed by atoms with Crippen molar-refractivity contribution in [3.63, 3.8) is 0 Å². The number of nitriles is 1. The van der Waals surface area contributed by atoms with E-state index in [1.165, 1.54) is 30.4 Å². The number of rotatable bonds is 7. The Bertz CT molecular complexity index is 651. The van der Waals surface area contributed by atoms with E-state index in [9.17, 15) is 10.1 Å². The molecule has 0 bridgehead atoms. The van der Waals surface area contributed by atoms with E-state index in [4.69, 9.17) is 0 Å². The van der Waals surface area contributed by atoms with E-state index in [0.717, 1.165) is 38.6 Å². The summed E-state index contributed by atoms with van der Waals surface area (Å²) in [6.45, 7) is 3.39. The van der Waals surface area contributed by atoms with Crippen molar-refractivity contribution in [2.24, 2.45) is 0 Å². The second-order valence-corrected chi connectivity index (χ2v) is 7.96. The van der Waals surface area contributed by atoms with Crippen molar-refractivity contribution in [3.05, 3.63) is 35.4 Å². The monoisotopic (exact) mass is 353 g/mol. The van der Waals surface area contributed by atoms with Crippen molar-refractivity contribution < 1.29 is 4.79 Å². The average molecular weight is 354 g/mol. The van der Waals surface area contributed by atoms with E-state index in [-0.39, 0.29) is 5.91 Å². The molecule has 0 saturated heterocycles. The third-order valence-electron chi connectivity index (χ3n) is 6.12. The van der Waals surface area contributed by atoms with Crippen molar-refractivity contribution in [2.45, 2.75) is 76.4 Å². The van der Waals surface area contributed by atoms with Crippen LogP contribution in [-0.4, -0.2) is 40.9 Å². The lowest BCUT2D eigenvalue weighted by Crippen LogP contribution is -2.52. The van der Waals surface area contributed by atoms with Gasteiger partial charge >= 0.3 is 0 Å². The molecule has 26 heavy (non-hydrogen) atoms. The lowest BCUT2D eigenvalue weighted by atomic mass is 9.81. The summed E-state index contributed by atoms with van der Waals surface area (Å²) in [4.78, 5) is 17.0. The highest BCUT2D eigenvalue weighted by Gasteiger charge is 2.40. The van der Waals surface area contributed by atoms with Crippen LogP contribution in [-0.2, 0) is 17.8 Å². The molecule has 2 fully saturated rings. The lowest BCUT2D eigenvalue weighted by molar-refractivity contribution is -0.136. The molecule has 0 spiro atoms. The van der Waals surface area contributed by atoms with Crippen LogP contribution < -0.4 is 0 Å². The van der Waals surface area contributed by atoms with Crippen LogP contribution in [0.2, 0.25) is 0 Å². The fourth-order valence-corrected chi connectivity index (χ4v) is 4.05. The predicted octanol–water partition coefficient (Wildman–Crippen LogP) is 3.90. The topological polar surface area (TPSA) is 47.3 Å². The Morgan fingerprint density at radius 2 is 1.77 bits per heavy atom. The first-order valence-electron chi connectivity index (χ1n) is 10.1. The van der Waals surface area contributed by atoms with Gasteiger partial charge in [0.1, 0.15) is 5.54 Å². The van der Waals surface area contributed by atoms with Crippen LogP contribution >= 0.6 is 0 Å². The normalized spacial score (nSPS) is 19.2. The van der Waals surface area contributed by atoms with E-state index in [1.54, 1.807) is 4.90 Å². The molecule has 2 aliphatic carbocycles. The zero-order valence-electron chi connectivity index (χ0n) is 16.2. The standard InChI is InChI=1S/C22H31N3O/c1-3-18-7-9-19(10-8-18)15-25(20-11-12-20)16-21(26)24(2)22(17-23)13-5-4-6-14-22/h7-10,20H,3-6,11-16H2,1-2H3. The van der Waals surface area contributed by atoms with Crippen LogP contribution in [0.1, 0.15) is 63.0 Å². The summed E-state index contributed by atoms with van der Waals surface area (Å²) in [6.07, 6.45) is 8.28. The fourth-order valence-electron chi connectivity index (χ4n) is 4.05. The van der Waals surface area contributed by atoms with E-state index in [0.29, 0.717) is 12.6 Å². The van der Waals surface area contributed by atoms with Crippen molar-refractivity contribution in [1.29, 1.82) is 5.26 Å². The van der Waals surface area contributed by atoms with Crippen molar-refractivity contribution in [2.75, 3.05) is 13.6 Å². The lowest BCUT2D eigenvalue weighted by Gasteiger charge is -2.40. The summed E-state index contributed by atoms with van der Waals surface area (Å²) >= 11 is 0. The summed E-state index contributed by atoms with van der Waals surface area (Å²) in [6, 6.07) is 11.7. The Hall–Kier alpha value is -1.86. The van der Waals surface area contributed by atoms with Gasteiger partial charge in [0.05, 0.1) is 12.6 Å². The van der Waals surface area contributed by atoms with Gasteiger partial charge in [-0.1, -0.05) is 50.5 Å². The molecule has 0 N–H and O–H groups in total. The molecule has 140 valence electrons. The zero-order valence-corrected chi connectivity index (χ0v) is 16.2. The van der Waals surface area contributed by atoms with Crippen LogP contribution in [0.5, 0.6) is 0 Å². The van der Waals surface area contributed by atoms with Crippen molar-refractivity contribution in [1.82, 2.24) is 9.80 Å². The van der Waals surface area contributed by atoms with Gasteiger partial charge in [-0.2, -0.15) is 5.26 Å². The Balaban J connectivity index is 1.65. The maximum absolute atomic E-state index is 13.0. The Labute approximate surface area is 157 Å². The number of aryl methyl sites for hydroxylation is 1. The molecule has 4 nitrogen and oxygen atoms in total. The Kier molecular flexibility index (Phi) is 5.98. The van der Waals surface area contributed by atoms with Gasteiger partial charge in [-0.3, -0.25) is 9.69 Å². The number of carbonyl (C=O) groups excluding carboxylic acids is 1. The quantitative estimate of drug-likeness (QED) is 0.747. The number of nitrogens with zero attached hydrogens (tertiary/aromatic N) is 3. The van der Waals surface area contributed by atoms with Crippen LogP contribution in [0.25, 0.3) is 0 Å². The van der Waals surface area contributed by atoms with Crippen LogP contribution in [0.15, 0.2) is 24.3 Å². The first-order valence-corrected chi connectivity index (χ1v) is 10.1. The first-order chi connectivity index (χ1) is 12.6. The van der Waals surface area contributed by atoms with Gasteiger partial charge in [-0.15, -0.1) is 0 Å². The van der Waals surface area contributed by atoms with Gasteiger partial charge in [0.25, 0.3) is 0 Å². The molecule has 3 rings (SSSR count). The number of carbonyl (C=O) groups is 1. The molecular weight excluding hydrogens is 322 g/mol. The first kappa shape index (κ1) is 18.9. The molecule has 0 radical (unpaired) electrons. The molecule has 1 aromatic rings. The van der Waals surface area contributed by atoms with E-state index >= 15 is 0 Å².